The molecule has 10 rings (SSSR count). The summed E-state index contributed by atoms with van der Waals surface area (Å²) in [6, 6.07) is 63.6. The summed E-state index contributed by atoms with van der Waals surface area (Å²) in [5.41, 5.74) is 10.2. The Labute approximate surface area is 330 Å². The summed E-state index contributed by atoms with van der Waals surface area (Å²) < 4.78 is 6.45. The Morgan fingerprint density at radius 1 is 0.352 bits per heavy atom. The number of rotatable bonds is 5. The average Bonchev–Trinajstić information content (AvgIpc) is 3.80. The molecule has 2 nitrogen and oxygen atoms in total. The fraction of sp³-hybridized carbons (Fsp3) is 0. The molecule has 6 heteroatoms. The largest absolute Gasteiger partial charge is 0.488 e. The first-order valence-corrected chi connectivity index (χ1v) is 20.2. The minimum atomic E-state index is -1.43. The molecule has 8 aromatic carbocycles. The zero-order chi connectivity index (χ0) is 36.6. The van der Waals surface area contributed by atoms with Crippen LogP contribution in [0.15, 0.2) is 186 Å². The summed E-state index contributed by atoms with van der Waals surface area (Å²) in [5.74, 6) is 0. The molecule has 0 bridgehead atoms. The SMILES string of the molecule is Brc1ccc(-c2ccc(-c3cccc4c3sc3ccccc34)cc2)cc1.OB(O)c1ccc(-c2ccc(-c3cccc4c3sc3ccccc34)cc2)cc1. The molecule has 2 N–H and O–H groups in total. The van der Waals surface area contributed by atoms with Crippen LogP contribution in [0.4, 0.5) is 0 Å². The van der Waals surface area contributed by atoms with Crippen LogP contribution in [0.25, 0.3) is 84.9 Å². The summed E-state index contributed by atoms with van der Waals surface area (Å²) in [6.07, 6.45) is 0. The molecule has 2 aromatic heterocycles. The van der Waals surface area contributed by atoms with Crippen molar-refractivity contribution < 1.29 is 10.0 Å². The van der Waals surface area contributed by atoms with E-state index in [9.17, 15) is 10.0 Å². The third-order valence-electron chi connectivity index (χ3n) is 9.92. The average molecular weight is 796 g/mol. The van der Waals surface area contributed by atoms with E-state index in [1.165, 1.54) is 73.7 Å². The monoisotopic (exact) mass is 794 g/mol. The standard InChI is InChI=1S/C24H17BO2S.C24H15BrS/c26-25(27)19-14-12-17(13-15-19)16-8-10-18(11-9-16)20-5-3-6-22-21-4-1-2-7-23(21)28-24(20)22;25-19-14-12-17(13-15-19)16-8-10-18(11-9-16)20-5-3-6-22-21-4-1-2-7-23(21)26-24(20)22/h1-15,26-27H;1-15H. The van der Waals surface area contributed by atoms with Crippen molar-refractivity contribution in [2.45, 2.75) is 0 Å². The molecule has 258 valence electrons. The van der Waals surface area contributed by atoms with Crippen molar-refractivity contribution in [3.8, 4) is 44.5 Å². The number of fused-ring (bicyclic) bond motifs is 6. The van der Waals surface area contributed by atoms with Crippen LogP contribution < -0.4 is 5.46 Å². The third kappa shape index (κ3) is 6.68. The Hall–Kier alpha value is -5.34. The molecule has 0 radical (unpaired) electrons. The minimum Gasteiger partial charge on any atom is -0.423 e. The van der Waals surface area contributed by atoms with E-state index in [1.54, 1.807) is 12.1 Å². The van der Waals surface area contributed by atoms with E-state index in [4.69, 9.17) is 0 Å². The maximum atomic E-state index is 9.24. The highest BCUT2D eigenvalue weighted by atomic mass is 79.9. The molecule has 0 amide bonds. The summed E-state index contributed by atoms with van der Waals surface area (Å²) in [6.45, 7) is 0. The number of thiophene rings is 2. The summed E-state index contributed by atoms with van der Waals surface area (Å²) >= 11 is 7.22. The lowest BCUT2D eigenvalue weighted by Crippen LogP contribution is -2.29. The second-order valence-electron chi connectivity index (χ2n) is 13.2. The Morgan fingerprint density at radius 3 is 1.13 bits per heavy atom. The van der Waals surface area contributed by atoms with Crippen LogP contribution in [-0.2, 0) is 0 Å². The van der Waals surface area contributed by atoms with Gasteiger partial charge in [-0.1, -0.05) is 174 Å². The van der Waals surface area contributed by atoms with Crippen LogP contribution in [0.5, 0.6) is 0 Å². The normalized spacial score (nSPS) is 11.2. The zero-order valence-corrected chi connectivity index (χ0v) is 32.2. The predicted octanol–water partition coefficient (Wildman–Crippen LogP) is 13.2. The molecule has 0 spiro atoms. The van der Waals surface area contributed by atoms with Gasteiger partial charge in [0, 0.05) is 44.8 Å². The molecule has 0 fully saturated rings. The van der Waals surface area contributed by atoms with Gasteiger partial charge in [-0.25, -0.2) is 0 Å². The smallest absolute Gasteiger partial charge is 0.423 e. The molecule has 0 unspecified atom stereocenters. The molecule has 0 saturated carbocycles. The lowest BCUT2D eigenvalue weighted by molar-refractivity contribution is 0.426. The summed E-state index contributed by atoms with van der Waals surface area (Å²) in [5, 5.41) is 23.8. The second kappa shape index (κ2) is 14.8. The Kier molecular flexibility index (Phi) is 9.46. The highest BCUT2D eigenvalue weighted by Gasteiger charge is 2.13. The van der Waals surface area contributed by atoms with Crippen LogP contribution in [0.2, 0.25) is 0 Å². The fourth-order valence-electron chi connectivity index (χ4n) is 7.12. The fourth-order valence-corrected chi connectivity index (χ4v) is 9.86. The van der Waals surface area contributed by atoms with Crippen molar-refractivity contribution in [1.82, 2.24) is 0 Å². The number of hydrogen-bond acceptors (Lipinski definition) is 4. The van der Waals surface area contributed by atoms with Crippen LogP contribution >= 0.6 is 38.6 Å². The van der Waals surface area contributed by atoms with E-state index < -0.39 is 7.12 Å². The summed E-state index contributed by atoms with van der Waals surface area (Å²) in [4.78, 5) is 0. The van der Waals surface area contributed by atoms with Gasteiger partial charge in [0.1, 0.15) is 0 Å². The first-order valence-electron chi connectivity index (χ1n) is 17.7. The maximum Gasteiger partial charge on any atom is 0.488 e. The number of benzene rings is 8. The molecule has 0 aliphatic carbocycles. The molecule has 10 aromatic rings. The number of hydrogen-bond donors (Lipinski definition) is 2. The predicted molar refractivity (Wildman–Crippen MR) is 238 cm³/mol. The Bertz CT molecular complexity index is 2890. The van der Waals surface area contributed by atoms with Crippen LogP contribution in [-0.4, -0.2) is 17.2 Å². The first kappa shape index (κ1) is 34.4. The van der Waals surface area contributed by atoms with Gasteiger partial charge in [-0.2, -0.15) is 0 Å². The van der Waals surface area contributed by atoms with E-state index in [2.05, 4.69) is 174 Å². The molecular weight excluding hydrogens is 763 g/mol. The van der Waals surface area contributed by atoms with Crippen LogP contribution in [0.1, 0.15) is 0 Å². The Balaban J connectivity index is 0.000000143. The van der Waals surface area contributed by atoms with E-state index in [1.807, 2.05) is 34.8 Å². The lowest BCUT2D eigenvalue weighted by Gasteiger charge is -2.07. The molecule has 0 atom stereocenters. The van der Waals surface area contributed by atoms with Gasteiger partial charge in [-0.3, -0.25) is 0 Å². The summed E-state index contributed by atoms with van der Waals surface area (Å²) in [7, 11) is -1.43. The van der Waals surface area contributed by atoms with Gasteiger partial charge in [0.25, 0.3) is 0 Å². The van der Waals surface area contributed by atoms with Gasteiger partial charge in [-0.05, 0) is 74.2 Å². The highest BCUT2D eigenvalue weighted by molar-refractivity contribution is 9.10. The molecular formula is C48H32BBrO2S2. The van der Waals surface area contributed by atoms with Crippen molar-refractivity contribution >= 4 is 91.5 Å². The lowest BCUT2D eigenvalue weighted by atomic mass is 9.80. The van der Waals surface area contributed by atoms with Crippen molar-refractivity contribution in [1.29, 1.82) is 0 Å². The first-order chi connectivity index (χ1) is 26.5. The van der Waals surface area contributed by atoms with Crippen molar-refractivity contribution in [2.75, 3.05) is 0 Å². The van der Waals surface area contributed by atoms with E-state index in [0.29, 0.717) is 5.46 Å². The molecule has 0 aliphatic rings. The van der Waals surface area contributed by atoms with Gasteiger partial charge in [0.15, 0.2) is 0 Å². The van der Waals surface area contributed by atoms with Crippen LogP contribution in [0.3, 0.4) is 0 Å². The van der Waals surface area contributed by atoms with E-state index in [-0.39, 0.29) is 0 Å². The molecule has 0 saturated heterocycles. The topological polar surface area (TPSA) is 40.5 Å². The molecule has 0 aliphatic heterocycles. The van der Waals surface area contributed by atoms with Crippen molar-refractivity contribution in [3.63, 3.8) is 0 Å². The molecule has 2 heterocycles. The minimum absolute atomic E-state index is 0.497. The Morgan fingerprint density at radius 2 is 0.704 bits per heavy atom. The highest BCUT2D eigenvalue weighted by Crippen LogP contribution is 2.41. The van der Waals surface area contributed by atoms with Crippen LogP contribution in [0, 0.1) is 0 Å². The van der Waals surface area contributed by atoms with Gasteiger partial charge in [-0.15, -0.1) is 22.7 Å². The van der Waals surface area contributed by atoms with E-state index >= 15 is 0 Å². The van der Waals surface area contributed by atoms with Gasteiger partial charge in [0.2, 0.25) is 0 Å². The van der Waals surface area contributed by atoms with Crippen molar-refractivity contribution in [2.24, 2.45) is 0 Å². The number of halogens is 1. The van der Waals surface area contributed by atoms with Crippen molar-refractivity contribution in [3.05, 3.63) is 186 Å². The second-order valence-corrected chi connectivity index (χ2v) is 16.2. The molecule has 54 heavy (non-hydrogen) atoms. The third-order valence-corrected chi connectivity index (χ3v) is 12.9. The van der Waals surface area contributed by atoms with Gasteiger partial charge < -0.3 is 10.0 Å². The zero-order valence-electron chi connectivity index (χ0n) is 29.0. The quantitative estimate of drug-likeness (QED) is 0.170. The van der Waals surface area contributed by atoms with Gasteiger partial charge in [0.05, 0.1) is 0 Å². The maximum absolute atomic E-state index is 9.24. The van der Waals surface area contributed by atoms with E-state index in [0.717, 1.165) is 15.6 Å². The van der Waals surface area contributed by atoms with Gasteiger partial charge >= 0.3 is 7.12 Å².